The van der Waals surface area contributed by atoms with Gasteiger partial charge in [-0.1, -0.05) is 40.0 Å². The number of hydrogen-bond acceptors (Lipinski definition) is 4. The maximum atomic E-state index is 11.6. The number of carbonyl (C=O) groups excluding carboxylic acids is 1. The molecule has 0 bridgehead atoms. The number of aliphatic hydroxyl groups is 1. The van der Waals surface area contributed by atoms with E-state index in [0.29, 0.717) is 11.7 Å². The van der Waals surface area contributed by atoms with E-state index in [1.54, 1.807) is 12.5 Å². The van der Waals surface area contributed by atoms with E-state index in [2.05, 4.69) is 11.3 Å². The van der Waals surface area contributed by atoms with Crippen LogP contribution in [-0.4, -0.2) is 28.5 Å². The summed E-state index contributed by atoms with van der Waals surface area (Å²) in [6.45, 7) is 6.27. The molecule has 0 amide bonds. The molecule has 1 fully saturated rings. The Bertz CT molecular complexity index is 334. The van der Waals surface area contributed by atoms with Crippen molar-refractivity contribution >= 4 is 17.5 Å². The first-order valence-corrected chi connectivity index (χ1v) is 10.0. The predicted octanol–water partition coefficient (Wildman–Crippen LogP) is 5.34. The summed E-state index contributed by atoms with van der Waals surface area (Å²) in [7, 11) is 0. The number of Topliss-reactive ketones (excluding diaryl/α,β-unsaturated/α-hetero) is 1. The van der Waals surface area contributed by atoms with E-state index in [0.717, 1.165) is 12.8 Å². The van der Waals surface area contributed by atoms with Gasteiger partial charge in [0.05, 0.1) is 19.1 Å². The lowest BCUT2D eigenvalue weighted by atomic mass is 9.88. The smallest absolute Gasteiger partial charge is 0.139 e. The molecule has 2 unspecified atom stereocenters. The van der Waals surface area contributed by atoms with Gasteiger partial charge in [0.1, 0.15) is 5.78 Å². The van der Waals surface area contributed by atoms with Crippen LogP contribution in [0.4, 0.5) is 0 Å². The zero-order valence-electron chi connectivity index (χ0n) is 15.0. The first-order chi connectivity index (χ1) is 11.3. The summed E-state index contributed by atoms with van der Waals surface area (Å²) in [5, 5.41) is 9.52. The molecule has 1 saturated carbocycles. The van der Waals surface area contributed by atoms with Crippen molar-refractivity contribution in [2.45, 2.75) is 71.0 Å². The second-order valence-corrected chi connectivity index (χ2v) is 6.88. The lowest BCUT2D eigenvalue weighted by molar-refractivity contribution is -0.125. The number of hydrogen-bond donors (Lipinski definition) is 1. The Kier molecular flexibility index (Phi) is 15.6. The third-order valence-electron chi connectivity index (χ3n) is 3.72. The minimum atomic E-state index is -0.0584. The summed E-state index contributed by atoms with van der Waals surface area (Å²) in [5.41, 5.74) is 0. The predicted molar refractivity (Wildman–Crippen MR) is 99.9 cm³/mol. The van der Waals surface area contributed by atoms with Crippen molar-refractivity contribution in [1.82, 2.24) is 0 Å². The first kappa shape index (κ1) is 22.3. The van der Waals surface area contributed by atoms with E-state index in [1.165, 1.54) is 31.4 Å². The van der Waals surface area contributed by atoms with Gasteiger partial charge in [0.2, 0.25) is 0 Å². The van der Waals surface area contributed by atoms with Crippen LogP contribution in [0.2, 0.25) is 0 Å². The van der Waals surface area contributed by atoms with Crippen molar-refractivity contribution in [3.63, 3.8) is 0 Å². The van der Waals surface area contributed by atoms with Crippen molar-refractivity contribution in [3.05, 3.63) is 24.7 Å². The molecule has 1 aliphatic rings. The van der Waals surface area contributed by atoms with Gasteiger partial charge in [0, 0.05) is 17.6 Å². The highest BCUT2D eigenvalue weighted by Gasteiger charge is 2.27. The maximum Gasteiger partial charge on any atom is 0.139 e. The lowest BCUT2D eigenvalue weighted by Crippen LogP contribution is -2.28. The fourth-order valence-electron chi connectivity index (χ4n) is 2.38. The molecule has 0 radical (unpaired) electrons. The molecule has 23 heavy (non-hydrogen) atoms. The fraction of sp³-hybridized carbons (Fsp3) is 0.737. The molecule has 1 aromatic rings. The largest absolute Gasteiger partial charge is 0.473 e. The SMILES string of the molecule is CC.CCCCCCSC1CCC(CO)C(=O)C1.c1ccoc1. The van der Waals surface area contributed by atoms with Gasteiger partial charge >= 0.3 is 0 Å². The molecule has 3 nitrogen and oxygen atoms in total. The maximum absolute atomic E-state index is 11.6. The van der Waals surface area contributed by atoms with E-state index in [1.807, 2.05) is 37.7 Å². The molecule has 2 rings (SSSR count). The summed E-state index contributed by atoms with van der Waals surface area (Å²) < 4.78 is 4.58. The highest BCUT2D eigenvalue weighted by Crippen LogP contribution is 2.30. The number of carbonyl (C=O) groups is 1. The summed E-state index contributed by atoms with van der Waals surface area (Å²) in [4.78, 5) is 11.6. The number of ketones is 1. The molecule has 0 saturated heterocycles. The molecular weight excluding hydrogens is 308 g/mol. The Morgan fingerprint density at radius 2 is 1.87 bits per heavy atom. The standard InChI is InChI=1S/C13H24O2S.C4H4O.C2H6/c1-2-3-4-5-8-16-12-7-6-11(10-14)13(15)9-12;1-2-4-5-3-1;1-2/h11-12,14H,2-10H2,1H3;1-4H;1-2H3. The molecule has 0 aliphatic heterocycles. The van der Waals surface area contributed by atoms with Crippen molar-refractivity contribution in [1.29, 1.82) is 0 Å². The van der Waals surface area contributed by atoms with Crippen molar-refractivity contribution in [3.8, 4) is 0 Å². The number of unbranched alkanes of at least 4 members (excludes halogenated alkanes) is 3. The van der Waals surface area contributed by atoms with Gasteiger partial charge in [-0.05, 0) is 37.1 Å². The average Bonchev–Trinajstić information content (AvgIpc) is 3.16. The summed E-state index contributed by atoms with van der Waals surface area (Å²) in [6.07, 6.45) is 11.2. The Morgan fingerprint density at radius 1 is 1.17 bits per heavy atom. The lowest BCUT2D eigenvalue weighted by Gasteiger charge is -2.25. The summed E-state index contributed by atoms with van der Waals surface area (Å²) in [6, 6.07) is 3.67. The second-order valence-electron chi connectivity index (χ2n) is 5.47. The van der Waals surface area contributed by atoms with Crippen molar-refractivity contribution < 1.29 is 14.3 Å². The van der Waals surface area contributed by atoms with E-state index >= 15 is 0 Å². The minimum Gasteiger partial charge on any atom is -0.473 e. The first-order valence-electron chi connectivity index (χ1n) is 9.00. The van der Waals surface area contributed by atoms with Gasteiger partial charge in [-0.25, -0.2) is 0 Å². The van der Waals surface area contributed by atoms with Crippen LogP contribution in [0.1, 0.15) is 65.7 Å². The fourth-order valence-corrected chi connectivity index (χ4v) is 3.67. The third kappa shape index (κ3) is 11.4. The van der Waals surface area contributed by atoms with E-state index in [-0.39, 0.29) is 18.3 Å². The van der Waals surface area contributed by atoms with Gasteiger partial charge in [-0.3, -0.25) is 4.79 Å². The number of aliphatic hydroxyl groups excluding tert-OH is 1. The van der Waals surface area contributed by atoms with Crippen LogP contribution in [0.25, 0.3) is 0 Å². The molecule has 4 heteroatoms. The van der Waals surface area contributed by atoms with E-state index in [9.17, 15) is 4.79 Å². The van der Waals surface area contributed by atoms with E-state index in [4.69, 9.17) is 5.11 Å². The van der Waals surface area contributed by atoms with Crippen molar-refractivity contribution in [2.75, 3.05) is 12.4 Å². The van der Waals surface area contributed by atoms with Gasteiger partial charge in [-0.15, -0.1) is 0 Å². The number of furan rings is 1. The van der Waals surface area contributed by atoms with Crippen LogP contribution in [0, 0.1) is 5.92 Å². The summed E-state index contributed by atoms with van der Waals surface area (Å²) >= 11 is 1.96. The van der Waals surface area contributed by atoms with Crippen LogP contribution < -0.4 is 0 Å². The molecule has 0 aromatic carbocycles. The summed E-state index contributed by atoms with van der Waals surface area (Å²) in [5.74, 6) is 1.42. The Balaban J connectivity index is 0.000000574. The van der Waals surface area contributed by atoms with Gasteiger partial charge in [-0.2, -0.15) is 11.8 Å². The van der Waals surface area contributed by atoms with Crippen molar-refractivity contribution in [2.24, 2.45) is 5.92 Å². The highest BCUT2D eigenvalue weighted by molar-refractivity contribution is 7.99. The topological polar surface area (TPSA) is 50.4 Å². The van der Waals surface area contributed by atoms with Crippen LogP contribution in [-0.2, 0) is 4.79 Å². The Hall–Kier alpha value is -0.740. The normalized spacial score (nSPS) is 20.1. The average molecular weight is 343 g/mol. The zero-order chi connectivity index (χ0) is 17.3. The molecular formula is C19H34O3S. The monoisotopic (exact) mass is 342 g/mol. The number of thioether (sulfide) groups is 1. The zero-order valence-corrected chi connectivity index (χ0v) is 15.8. The Labute approximate surface area is 146 Å². The van der Waals surface area contributed by atoms with E-state index < -0.39 is 0 Å². The molecule has 134 valence electrons. The molecule has 1 aliphatic carbocycles. The molecule has 2 atom stereocenters. The van der Waals surface area contributed by atoms with Gasteiger partial charge in [0.25, 0.3) is 0 Å². The van der Waals surface area contributed by atoms with Crippen LogP contribution in [0.15, 0.2) is 29.1 Å². The minimum absolute atomic E-state index is 0.0483. The van der Waals surface area contributed by atoms with Crippen LogP contribution in [0.5, 0.6) is 0 Å². The van der Waals surface area contributed by atoms with Crippen LogP contribution >= 0.6 is 11.8 Å². The highest BCUT2D eigenvalue weighted by atomic mass is 32.2. The quantitative estimate of drug-likeness (QED) is 0.680. The van der Waals surface area contributed by atoms with Gasteiger partial charge < -0.3 is 9.52 Å². The second kappa shape index (κ2) is 16.1. The molecule has 1 N–H and O–H groups in total. The van der Waals surface area contributed by atoms with Crippen LogP contribution in [0.3, 0.4) is 0 Å². The molecule has 1 heterocycles. The Morgan fingerprint density at radius 3 is 2.35 bits per heavy atom. The number of rotatable bonds is 7. The van der Waals surface area contributed by atoms with Gasteiger partial charge in [0.15, 0.2) is 0 Å². The third-order valence-corrected chi connectivity index (χ3v) is 5.12. The molecule has 0 spiro atoms. The molecule has 1 aromatic heterocycles.